The standard InChI is InChI=1S/C20H23NO2/c1-13-8-7-11-19(15(13)3)23-16(4)20(22)21-14(2)12-17-9-5-6-10-18(17)21/h5-11,14,16H,12H2,1-4H3/t14-,16-/m1/s1. The summed E-state index contributed by atoms with van der Waals surface area (Å²) in [5, 5.41) is 0. The van der Waals surface area contributed by atoms with Gasteiger partial charge in [-0.2, -0.15) is 0 Å². The molecule has 1 aliphatic heterocycles. The Bertz CT molecular complexity index is 738. The van der Waals surface area contributed by atoms with Gasteiger partial charge < -0.3 is 9.64 Å². The molecular formula is C20H23NO2. The molecule has 0 bridgehead atoms. The maximum absolute atomic E-state index is 12.9. The number of para-hydroxylation sites is 1. The third-order valence-corrected chi connectivity index (χ3v) is 4.65. The molecule has 0 fully saturated rings. The first-order valence-electron chi connectivity index (χ1n) is 8.13. The second kappa shape index (κ2) is 6.07. The third-order valence-electron chi connectivity index (χ3n) is 4.65. The summed E-state index contributed by atoms with van der Waals surface area (Å²) in [4.78, 5) is 14.8. The summed E-state index contributed by atoms with van der Waals surface area (Å²) >= 11 is 0. The Labute approximate surface area is 137 Å². The number of aryl methyl sites for hydroxylation is 1. The van der Waals surface area contributed by atoms with E-state index in [0.29, 0.717) is 0 Å². The number of benzene rings is 2. The van der Waals surface area contributed by atoms with Crippen molar-refractivity contribution in [2.75, 3.05) is 4.90 Å². The van der Waals surface area contributed by atoms with Crippen molar-refractivity contribution in [2.24, 2.45) is 0 Å². The SMILES string of the molecule is Cc1cccc(O[C@H](C)C(=O)N2c3ccccc3C[C@H]2C)c1C. The van der Waals surface area contributed by atoms with E-state index in [-0.39, 0.29) is 11.9 Å². The molecule has 2 aromatic carbocycles. The fourth-order valence-corrected chi connectivity index (χ4v) is 3.19. The first-order chi connectivity index (χ1) is 11.0. The van der Waals surface area contributed by atoms with Crippen LogP contribution in [-0.2, 0) is 11.2 Å². The maximum atomic E-state index is 12.9. The lowest BCUT2D eigenvalue weighted by Gasteiger charge is -2.27. The predicted octanol–water partition coefficient (Wildman–Crippen LogP) is 4.05. The molecule has 0 aliphatic carbocycles. The number of carbonyl (C=O) groups excluding carboxylic acids is 1. The van der Waals surface area contributed by atoms with E-state index in [1.165, 1.54) is 11.1 Å². The Morgan fingerprint density at radius 1 is 1.17 bits per heavy atom. The zero-order chi connectivity index (χ0) is 16.6. The van der Waals surface area contributed by atoms with Crippen LogP contribution in [0.1, 0.15) is 30.5 Å². The number of carbonyl (C=O) groups is 1. The van der Waals surface area contributed by atoms with Crippen LogP contribution in [0, 0.1) is 13.8 Å². The van der Waals surface area contributed by atoms with Crippen LogP contribution in [0.15, 0.2) is 42.5 Å². The summed E-state index contributed by atoms with van der Waals surface area (Å²) in [6, 6.07) is 14.2. The largest absolute Gasteiger partial charge is 0.481 e. The van der Waals surface area contributed by atoms with Crippen LogP contribution < -0.4 is 9.64 Å². The molecule has 2 aromatic rings. The molecule has 0 spiro atoms. The first-order valence-corrected chi connectivity index (χ1v) is 8.13. The molecule has 2 atom stereocenters. The van der Waals surface area contributed by atoms with E-state index < -0.39 is 6.10 Å². The fourth-order valence-electron chi connectivity index (χ4n) is 3.19. The molecule has 0 radical (unpaired) electrons. The van der Waals surface area contributed by atoms with Crippen molar-refractivity contribution in [3.05, 3.63) is 59.2 Å². The molecule has 3 heteroatoms. The highest BCUT2D eigenvalue weighted by Crippen LogP contribution is 2.33. The van der Waals surface area contributed by atoms with E-state index in [9.17, 15) is 4.79 Å². The summed E-state index contributed by atoms with van der Waals surface area (Å²) in [6.45, 7) is 7.99. The molecule has 1 heterocycles. The molecule has 0 saturated carbocycles. The number of anilines is 1. The van der Waals surface area contributed by atoms with Gasteiger partial charge in [0.25, 0.3) is 5.91 Å². The number of hydrogen-bond acceptors (Lipinski definition) is 2. The van der Waals surface area contributed by atoms with Gasteiger partial charge >= 0.3 is 0 Å². The van der Waals surface area contributed by atoms with E-state index in [4.69, 9.17) is 4.74 Å². The van der Waals surface area contributed by atoms with Gasteiger partial charge in [0.15, 0.2) is 6.10 Å². The van der Waals surface area contributed by atoms with Crippen molar-refractivity contribution < 1.29 is 9.53 Å². The molecule has 3 rings (SSSR count). The molecule has 3 nitrogen and oxygen atoms in total. The zero-order valence-corrected chi connectivity index (χ0v) is 14.2. The van der Waals surface area contributed by atoms with E-state index in [1.54, 1.807) is 0 Å². The van der Waals surface area contributed by atoms with Gasteiger partial charge in [0, 0.05) is 11.7 Å². The molecule has 0 aromatic heterocycles. The predicted molar refractivity (Wildman–Crippen MR) is 93.1 cm³/mol. The number of rotatable bonds is 3. The number of nitrogens with zero attached hydrogens (tertiary/aromatic N) is 1. The lowest BCUT2D eigenvalue weighted by molar-refractivity contribution is -0.124. The monoisotopic (exact) mass is 309 g/mol. The van der Waals surface area contributed by atoms with Gasteiger partial charge in [-0.05, 0) is 62.9 Å². The minimum Gasteiger partial charge on any atom is -0.481 e. The zero-order valence-electron chi connectivity index (χ0n) is 14.2. The van der Waals surface area contributed by atoms with Gasteiger partial charge in [0.05, 0.1) is 0 Å². The summed E-state index contributed by atoms with van der Waals surface area (Å²) in [7, 11) is 0. The fraction of sp³-hybridized carbons (Fsp3) is 0.350. The third kappa shape index (κ3) is 2.83. The summed E-state index contributed by atoms with van der Waals surface area (Å²) in [5.74, 6) is 0.800. The van der Waals surface area contributed by atoms with Crippen LogP contribution in [0.2, 0.25) is 0 Å². The Kier molecular flexibility index (Phi) is 4.12. The lowest BCUT2D eigenvalue weighted by Crippen LogP contribution is -2.43. The lowest BCUT2D eigenvalue weighted by atomic mass is 10.1. The Morgan fingerprint density at radius 3 is 2.70 bits per heavy atom. The van der Waals surface area contributed by atoms with E-state index in [2.05, 4.69) is 13.0 Å². The molecule has 1 aliphatic rings. The molecule has 0 unspecified atom stereocenters. The van der Waals surface area contributed by atoms with Gasteiger partial charge in [-0.3, -0.25) is 4.79 Å². The van der Waals surface area contributed by atoms with Crippen molar-refractivity contribution in [1.29, 1.82) is 0 Å². The highest BCUT2D eigenvalue weighted by Gasteiger charge is 2.33. The van der Waals surface area contributed by atoms with E-state index in [1.807, 2.05) is 62.1 Å². The van der Waals surface area contributed by atoms with E-state index >= 15 is 0 Å². The van der Waals surface area contributed by atoms with Crippen molar-refractivity contribution in [3.63, 3.8) is 0 Å². The van der Waals surface area contributed by atoms with Crippen LogP contribution in [0.25, 0.3) is 0 Å². The number of fused-ring (bicyclic) bond motifs is 1. The average Bonchev–Trinajstić information content (AvgIpc) is 2.86. The quantitative estimate of drug-likeness (QED) is 0.856. The Morgan fingerprint density at radius 2 is 1.91 bits per heavy atom. The van der Waals surface area contributed by atoms with Crippen molar-refractivity contribution >= 4 is 11.6 Å². The van der Waals surface area contributed by atoms with E-state index in [0.717, 1.165) is 23.4 Å². The second-order valence-corrected chi connectivity index (χ2v) is 6.35. The van der Waals surface area contributed by atoms with Gasteiger partial charge in [-0.1, -0.05) is 30.3 Å². The topological polar surface area (TPSA) is 29.5 Å². The smallest absolute Gasteiger partial charge is 0.268 e. The normalized spacial score (nSPS) is 17.7. The Hall–Kier alpha value is -2.29. The highest BCUT2D eigenvalue weighted by atomic mass is 16.5. The molecular weight excluding hydrogens is 286 g/mol. The highest BCUT2D eigenvalue weighted by molar-refractivity contribution is 5.99. The number of amides is 1. The Balaban J connectivity index is 1.82. The van der Waals surface area contributed by atoms with Crippen LogP contribution in [-0.4, -0.2) is 18.1 Å². The van der Waals surface area contributed by atoms with Crippen molar-refractivity contribution in [1.82, 2.24) is 0 Å². The average molecular weight is 309 g/mol. The molecule has 0 saturated heterocycles. The first kappa shape index (κ1) is 15.6. The number of ether oxygens (including phenoxy) is 1. The second-order valence-electron chi connectivity index (χ2n) is 6.35. The molecule has 23 heavy (non-hydrogen) atoms. The van der Waals surface area contributed by atoms with Gasteiger partial charge in [0.2, 0.25) is 0 Å². The van der Waals surface area contributed by atoms with Crippen LogP contribution >= 0.6 is 0 Å². The summed E-state index contributed by atoms with van der Waals surface area (Å²) in [5.41, 5.74) is 4.50. The summed E-state index contributed by atoms with van der Waals surface area (Å²) < 4.78 is 5.97. The van der Waals surface area contributed by atoms with Crippen molar-refractivity contribution in [3.8, 4) is 5.75 Å². The molecule has 1 amide bonds. The van der Waals surface area contributed by atoms with Crippen molar-refractivity contribution in [2.45, 2.75) is 46.3 Å². The van der Waals surface area contributed by atoms with Gasteiger partial charge in [-0.15, -0.1) is 0 Å². The molecule has 0 N–H and O–H groups in total. The summed E-state index contributed by atoms with van der Waals surface area (Å²) in [6.07, 6.45) is 0.391. The van der Waals surface area contributed by atoms with Crippen LogP contribution in [0.4, 0.5) is 5.69 Å². The van der Waals surface area contributed by atoms with Crippen LogP contribution in [0.3, 0.4) is 0 Å². The van der Waals surface area contributed by atoms with Crippen LogP contribution in [0.5, 0.6) is 5.75 Å². The molecule has 120 valence electrons. The van der Waals surface area contributed by atoms with Gasteiger partial charge in [-0.25, -0.2) is 0 Å². The minimum atomic E-state index is -0.510. The minimum absolute atomic E-state index is 0.0170. The maximum Gasteiger partial charge on any atom is 0.268 e. The van der Waals surface area contributed by atoms with Gasteiger partial charge in [0.1, 0.15) is 5.75 Å². The number of hydrogen-bond donors (Lipinski definition) is 0.